The number of halogens is 2. The zero-order chi connectivity index (χ0) is 8.97. The number of allylic oxidation sites excluding steroid dienone is 1. The van der Waals surface area contributed by atoms with Crippen LogP contribution in [0.4, 0.5) is 0 Å². The van der Waals surface area contributed by atoms with Crippen molar-refractivity contribution in [2.75, 3.05) is 5.88 Å². The van der Waals surface area contributed by atoms with Crippen molar-refractivity contribution >= 4 is 29.3 Å². The standard InChI is InChI=1S/C10H10Cl2/c1-8-2-4-9(5-3-8)6-10(12)7-11/h2-6H,7H2,1H3/b10-6-. The Bertz CT molecular complexity index is 272. The quantitative estimate of drug-likeness (QED) is 0.638. The fourth-order valence-electron chi connectivity index (χ4n) is 0.882. The first kappa shape index (κ1) is 9.63. The number of hydrogen-bond donors (Lipinski definition) is 0. The van der Waals surface area contributed by atoms with E-state index in [1.807, 2.05) is 30.3 Å². The third kappa shape index (κ3) is 2.88. The highest BCUT2D eigenvalue weighted by atomic mass is 35.5. The third-order valence-electron chi connectivity index (χ3n) is 1.53. The van der Waals surface area contributed by atoms with E-state index < -0.39 is 0 Å². The van der Waals surface area contributed by atoms with E-state index in [0.29, 0.717) is 10.9 Å². The summed E-state index contributed by atoms with van der Waals surface area (Å²) in [5.41, 5.74) is 2.33. The molecule has 1 aromatic rings. The van der Waals surface area contributed by atoms with Crippen LogP contribution in [0.15, 0.2) is 29.3 Å². The summed E-state index contributed by atoms with van der Waals surface area (Å²) >= 11 is 11.3. The summed E-state index contributed by atoms with van der Waals surface area (Å²) in [5.74, 6) is 0.370. The van der Waals surface area contributed by atoms with Crippen LogP contribution in [0.3, 0.4) is 0 Å². The average Bonchev–Trinajstić information content (AvgIpc) is 2.09. The van der Waals surface area contributed by atoms with Gasteiger partial charge in [-0.1, -0.05) is 41.4 Å². The van der Waals surface area contributed by atoms with Crippen LogP contribution in [0.2, 0.25) is 0 Å². The van der Waals surface area contributed by atoms with Gasteiger partial charge in [-0.15, -0.1) is 11.6 Å². The molecule has 0 amide bonds. The molecule has 64 valence electrons. The minimum atomic E-state index is 0.370. The van der Waals surface area contributed by atoms with E-state index in [2.05, 4.69) is 6.92 Å². The first-order valence-electron chi connectivity index (χ1n) is 3.71. The van der Waals surface area contributed by atoms with Crippen LogP contribution in [0.1, 0.15) is 11.1 Å². The van der Waals surface area contributed by atoms with Crippen molar-refractivity contribution in [1.29, 1.82) is 0 Å². The molecule has 1 rings (SSSR count). The van der Waals surface area contributed by atoms with Crippen molar-refractivity contribution in [1.82, 2.24) is 0 Å². The maximum absolute atomic E-state index is 5.77. The highest BCUT2D eigenvalue weighted by Gasteiger charge is 1.90. The molecular formula is C10H10Cl2. The number of alkyl halides is 1. The predicted molar refractivity (Wildman–Crippen MR) is 55.7 cm³/mol. The molecule has 0 bridgehead atoms. The fraction of sp³-hybridized carbons (Fsp3) is 0.200. The molecule has 2 heteroatoms. The normalized spacial score (nSPS) is 11.8. The number of aryl methyl sites for hydroxylation is 1. The highest BCUT2D eigenvalue weighted by Crippen LogP contribution is 2.12. The van der Waals surface area contributed by atoms with E-state index in [9.17, 15) is 0 Å². The smallest absolute Gasteiger partial charge is 0.0582 e. The highest BCUT2D eigenvalue weighted by molar-refractivity contribution is 6.37. The Kier molecular flexibility index (Phi) is 3.64. The van der Waals surface area contributed by atoms with E-state index in [1.165, 1.54) is 5.56 Å². The van der Waals surface area contributed by atoms with Crippen molar-refractivity contribution < 1.29 is 0 Å². The van der Waals surface area contributed by atoms with Crippen LogP contribution in [0.5, 0.6) is 0 Å². The Morgan fingerprint density at radius 1 is 1.33 bits per heavy atom. The lowest BCUT2D eigenvalue weighted by Gasteiger charge is -1.95. The largest absolute Gasteiger partial charge is 0.121 e. The Morgan fingerprint density at radius 2 is 1.92 bits per heavy atom. The molecule has 0 saturated carbocycles. The van der Waals surface area contributed by atoms with Crippen LogP contribution in [-0.2, 0) is 0 Å². The van der Waals surface area contributed by atoms with E-state index in [0.717, 1.165) is 5.56 Å². The first-order chi connectivity index (χ1) is 5.72. The summed E-state index contributed by atoms with van der Waals surface area (Å²) in [6, 6.07) is 8.13. The SMILES string of the molecule is Cc1ccc(/C=C(\Cl)CCl)cc1. The van der Waals surface area contributed by atoms with Gasteiger partial charge in [0.15, 0.2) is 0 Å². The van der Waals surface area contributed by atoms with Crippen LogP contribution in [0.25, 0.3) is 6.08 Å². The minimum absolute atomic E-state index is 0.370. The van der Waals surface area contributed by atoms with Gasteiger partial charge in [-0.05, 0) is 18.6 Å². The van der Waals surface area contributed by atoms with E-state index >= 15 is 0 Å². The molecule has 0 nitrogen and oxygen atoms in total. The summed E-state index contributed by atoms with van der Waals surface area (Å²) in [4.78, 5) is 0. The zero-order valence-electron chi connectivity index (χ0n) is 6.85. The van der Waals surface area contributed by atoms with Gasteiger partial charge in [0.1, 0.15) is 0 Å². The maximum atomic E-state index is 5.77. The van der Waals surface area contributed by atoms with Gasteiger partial charge in [-0.25, -0.2) is 0 Å². The van der Waals surface area contributed by atoms with Gasteiger partial charge < -0.3 is 0 Å². The van der Waals surface area contributed by atoms with Crippen LogP contribution >= 0.6 is 23.2 Å². The van der Waals surface area contributed by atoms with Crippen molar-refractivity contribution in [3.63, 3.8) is 0 Å². The lowest BCUT2D eigenvalue weighted by atomic mass is 10.1. The Balaban J connectivity index is 2.84. The summed E-state index contributed by atoms with van der Waals surface area (Å²) in [5, 5.41) is 0.667. The second-order valence-electron chi connectivity index (χ2n) is 2.64. The predicted octanol–water partition coefficient (Wildman–Crippen LogP) is 3.81. The van der Waals surface area contributed by atoms with E-state index in [4.69, 9.17) is 23.2 Å². The van der Waals surface area contributed by atoms with Gasteiger partial charge >= 0.3 is 0 Å². The molecule has 0 saturated heterocycles. The van der Waals surface area contributed by atoms with Gasteiger partial charge in [0.2, 0.25) is 0 Å². The summed E-state index contributed by atoms with van der Waals surface area (Å²) in [7, 11) is 0. The van der Waals surface area contributed by atoms with Crippen molar-refractivity contribution in [2.24, 2.45) is 0 Å². The number of hydrogen-bond acceptors (Lipinski definition) is 0. The molecule has 12 heavy (non-hydrogen) atoms. The van der Waals surface area contributed by atoms with Crippen LogP contribution in [0, 0.1) is 6.92 Å². The second-order valence-corrected chi connectivity index (χ2v) is 3.39. The van der Waals surface area contributed by atoms with Crippen molar-refractivity contribution in [2.45, 2.75) is 6.92 Å². The maximum Gasteiger partial charge on any atom is 0.0582 e. The van der Waals surface area contributed by atoms with Gasteiger partial charge in [0, 0.05) is 5.03 Å². The lowest BCUT2D eigenvalue weighted by molar-refractivity contribution is 1.46. The zero-order valence-corrected chi connectivity index (χ0v) is 8.36. The topological polar surface area (TPSA) is 0 Å². The average molecular weight is 201 g/mol. The Morgan fingerprint density at radius 3 is 2.42 bits per heavy atom. The van der Waals surface area contributed by atoms with E-state index in [-0.39, 0.29) is 0 Å². The Hall–Kier alpha value is -0.460. The molecule has 0 fully saturated rings. The first-order valence-corrected chi connectivity index (χ1v) is 4.62. The Labute approximate surface area is 82.8 Å². The summed E-state index contributed by atoms with van der Waals surface area (Å²) < 4.78 is 0. The van der Waals surface area contributed by atoms with E-state index in [1.54, 1.807) is 0 Å². The van der Waals surface area contributed by atoms with Gasteiger partial charge in [-0.3, -0.25) is 0 Å². The molecule has 0 radical (unpaired) electrons. The van der Waals surface area contributed by atoms with Crippen molar-refractivity contribution in [3.8, 4) is 0 Å². The molecule has 0 N–H and O–H groups in total. The van der Waals surface area contributed by atoms with Crippen LogP contribution < -0.4 is 0 Å². The third-order valence-corrected chi connectivity index (χ3v) is 2.20. The molecule has 0 aliphatic carbocycles. The second kappa shape index (κ2) is 4.54. The van der Waals surface area contributed by atoms with Crippen molar-refractivity contribution in [3.05, 3.63) is 40.4 Å². The molecule has 0 aliphatic rings. The molecule has 0 aromatic heterocycles. The van der Waals surface area contributed by atoms with Gasteiger partial charge in [-0.2, -0.15) is 0 Å². The molecule has 0 unspecified atom stereocenters. The fourth-order valence-corrected chi connectivity index (χ4v) is 1.09. The molecule has 1 aromatic carbocycles. The molecule has 0 heterocycles. The number of benzene rings is 1. The van der Waals surface area contributed by atoms with Gasteiger partial charge in [0.05, 0.1) is 5.88 Å². The van der Waals surface area contributed by atoms with Gasteiger partial charge in [0.25, 0.3) is 0 Å². The summed E-state index contributed by atoms with van der Waals surface area (Å²) in [6.07, 6.45) is 1.87. The molecule has 0 aliphatic heterocycles. The number of rotatable bonds is 2. The molecular weight excluding hydrogens is 191 g/mol. The lowest BCUT2D eigenvalue weighted by Crippen LogP contribution is -1.76. The monoisotopic (exact) mass is 200 g/mol. The van der Waals surface area contributed by atoms with Crippen LogP contribution in [-0.4, -0.2) is 5.88 Å². The minimum Gasteiger partial charge on any atom is -0.121 e. The molecule has 0 atom stereocenters. The summed E-state index contributed by atoms with van der Waals surface area (Å²) in [6.45, 7) is 2.05. The molecule has 0 spiro atoms.